The number of primary amides is 1. The van der Waals surface area contributed by atoms with Crippen molar-refractivity contribution in [1.82, 2.24) is 9.97 Å². The Bertz CT molecular complexity index is 1180. The number of methoxy groups -OCH3 is 1. The average molecular weight is 513 g/mol. The summed E-state index contributed by atoms with van der Waals surface area (Å²) in [6.45, 7) is 2.52. The van der Waals surface area contributed by atoms with Crippen LogP contribution in [0.4, 0.5) is 5.69 Å². The normalized spacial score (nSPS) is 9.42. The fourth-order valence-electron chi connectivity index (χ4n) is 2.80. The van der Waals surface area contributed by atoms with E-state index in [1.54, 1.807) is 32.5 Å². The van der Waals surface area contributed by atoms with Crippen molar-refractivity contribution in [2.75, 3.05) is 14.2 Å². The Labute approximate surface area is 254 Å². The van der Waals surface area contributed by atoms with Crippen molar-refractivity contribution >= 4 is 17.9 Å². The molecule has 0 saturated carbocycles. The van der Waals surface area contributed by atoms with Crippen LogP contribution in [0.3, 0.4) is 0 Å². The molecule has 8 nitrogen and oxygen atoms in total. The van der Waals surface area contributed by atoms with Crippen molar-refractivity contribution in [3.05, 3.63) is 95.6 Å². The van der Waals surface area contributed by atoms with Gasteiger partial charge in [-0.1, -0.05) is 61.5 Å². The molecule has 0 radical (unpaired) electrons. The summed E-state index contributed by atoms with van der Waals surface area (Å²) in [4.78, 5) is 29.1. The van der Waals surface area contributed by atoms with Gasteiger partial charge >= 0.3 is 51.4 Å². The van der Waals surface area contributed by atoms with E-state index in [-0.39, 0.29) is 57.1 Å². The second kappa shape index (κ2) is 17.7. The minimum absolute atomic E-state index is 0. The van der Waals surface area contributed by atoms with E-state index in [1.807, 2.05) is 67.6 Å². The Balaban J connectivity index is 0.000000385. The molecule has 0 fully saturated rings. The molecular weight excluding hydrogens is 483 g/mol. The molecule has 9 heteroatoms. The Morgan fingerprint density at radius 2 is 1.67 bits per heavy atom. The first-order valence-corrected chi connectivity index (χ1v) is 10.9. The Morgan fingerprint density at radius 3 is 2.19 bits per heavy atom. The minimum atomic E-state index is -0.634. The van der Waals surface area contributed by atoms with Crippen LogP contribution in [0.25, 0.3) is 28.2 Å². The van der Waals surface area contributed by atoms with Gasteiger partial charge in [-0.05, 0) is 23.8 Å². The molecule has 0 aliphatic heterocycles. The quantitative estimate of drug-likeness (QED) is 0.300. The topological polar surface area (TPSA) is 122 Å². The fraction of sp³-hybridized carbons (Fsp3) is 0.185. The minimum Gasteiger partial charge on any atom is -0.685 e. The van der Waals surface area contributed by atoms with Gasteiger partial charge in [-0.3, -0.25) is 4.79 Å². The fourth-order valence-corrected chi connectivity index (χ4v) is 2.80. The van der Waals surface area contributed by atoms with Crippen molar-refractivity contribution < 1.29 is 70.1 Å². The number of carbonyl (C=O) groups excluding carboxylic acids is 2. The molecule has 36 heavy (non-hydrogen) atoms. The number of aldehydes is 1. The monoisotopic (exact) mass is 512 g/mol. The number of ether oxygens (including phenoxy) is 1. The molecule has 0 atom stereocenters. The van der Waals surface area contributed by atoms with Gasteiger partial charge < -0.3 is 25.0 Å². The summed E-state index contributed by atoms with van der Waals surface area (Å²) in [5.74, 6) is 0.316. The van der Waals surface area contributed by atoms with E-state index in [4.69, 9.17) is 14.9 Å². The first kappa shape index (κ1) is 31.4. The summed E-state index contributed by atoms with van der Waals surface area (Å²) < 4.78 is 10.6. The van der Waals surface area contributed by atoms with Crippen LogP contribution in [0.2, 0.25) is 0 Å². The Kier molecular flexibility index (Phi) is 15.4. The number of amides is 1. The van der Waals surface area contributed by atoms with Gasteiger partial charge in [0.2, 0.25) is 5.89 Å². The maximum absolute atomic E-state index is 11.4. The van der Waals surface area contributed by atoms with E-state index in [1.165, 1.54) is 5.56 Å². The summed E-state index contributed by atoms with van der Waals surface area (Å²) in [5, 5.41) is 3.97. The van der Waals surface area contributed by atoms with Crippen LogP contribution in [-0.2, 0) is 16.1 Å². The Morgan fingerprint density at radius 1 is 1.06 bits per heavy atom. The molecule has 0 saturated heterocycles. The molecule has 182 valence electrons. The number of pyridine rings is 1. The molecule has 4 rings (SSSR count). The molecule has 0 aliphatic rings. The van der Waals surface area contributed by atoms with Gasteiger partial charge in [-0.2, -0.15) is 0 Å². The predicted molar refractivity (Wildman–Crippen MR) is 136 cm³/mol. The molecule has 0 bridgehead atoms. The van der Waals surface area contributed by atoms with Crippen LogP contribution in [0.1, 0.15) is 29.4 Å². The molecule has 2 heterocycles. The number of rotatable bonds is 7. The average Bonchev–Trinajstić information content (AvgIpc) is 3.41. The van der Waals surface area contributed by atoms with Gasteiger partial charge in [0.1, 0.15) is 17.7 Å². The molecule has 0 spiro atoms. The smallest absolute Gasteiger partial charge is 0.685 e. The first-order chi connectivity index (χ1) is 17.0. The third-order valence-electron chi connectivity index (χ3n) is 4.45. The SMILES string of the molecule is CCC=O.COCc1ccccc1.C[N-]c1ccc(-c2cnc(-c3ccccc3)o2)nc1C(N)=O.[K+]. The third-order valence-corrected chi connectivity index (χ3v) is 4.45. The van der Waals surface area contributed by atoms with Gasteiger partial charge in [0.25, 0.3) is 5.91 Å². The summed E-state index contributed by atoms with van der Waals surface area (Å²) in [5.41, 5.74) is 8.45. The molecular formula is C27H29KN4O4. The van der Waals surface area contributed by atoms with E-state index >= 15 is 0 Å². The number of nitrogens with zero attached hydrogens (tertiary/aromatic N) is 3. The molecule has 2 N–H and O–H groups in total. The number of hydrogen-bond acceptors (Lipinski definition) is 6. The van der Waals surface area contributed by atoms with E-state index in [9.17, 15) is 9.59 Å². The molecule has 2 aromatic carbocycles. The number of carbonyl (C=O) groups is 2. The van der Waals surface area contributed by atoms with Crippen LogP contribution in [-0.4, -0.2) is 36.3 Å². The van der Waals surface area contributed by atoms with Gasteiger partial charge in [-0.15, -0.1) is 12.7 Å². The van der Waals surface area contributed by atoms with Crippen LogP contribution < -0.4 is 57.1 Å². The van der Waals surface area contributed by atoms with Gasteiger partial charge in [-0.25, -0.2) is 9.97 Å². The maximum atomic E-state index is 11.4. The second-order valence-corrected chi connectivity index (χ2v) is 7.04. The summed E-state index contributed by atoms with van der Waals surface area (Å²) >= 11 is 0. The number of benzene rings is 2. The van der Waals surface area contributed by atoms with Gasteiger partial charge in [0, 0.05) is 19.1 Å². The van der Waals surface area contributed by atoms with Crippen LogP contribution >= 0.6 is 0 Å². The van der Waals surface area contributed by atoms with Gasteiger partial charge in [0.05, 0.1) is 12.8 Å². The van der Waals surface area contributed by atoms with E-state index < -0.39 is 5.91 Å². The van der Waals surface area contributed by atoms with Crippen molar-refractivity contribution in [2.45, 2.75) is 20.0 Å². The zero-order valence-electron chi connectivity index (χ0n) is 21.0. The van der Waals surface area contributed by atoms with Crippen molar-refractivity contribution in [1.29, 1.82) is 0 Å². The molecule has 0 aliphatic carbocycles. The number of hydrogen-bond donors (Lipinski definition) is 1. The molecule has 0 unspecified atom stereocenters. The number of oxazole rings is 1. The van der Waals surface area contributed by atoms with Crippen LogP contribution in [0, 0.1) is 0 Å². The standard InChI is InChI=1S/C16H14N4O2.C8H10O.C3H6O.K/c1-18-12-8-7-11(20-14(12)15(17)21)13-9-19-16(22-13)10-5-3-2-4-6-10;1-9-7-8-5-3-2-4-6-8;1-2-3-4;/h2-9H,1H3,(H3,17,18,21);2-6H,7H2,1H3;3H,2H2,1H3;/q;;;+1/p-1. The predicted octanol–water partition coefficient (Wildman–Crippen LogP) is 2.57. The summed E-state index contributed by atoms with van der Waals surface area (Å²) in [6, 6.07) is 23.0. The van der Waals surface area contributed by atoms with Crippen molar-refractivity contribution in [3.63, 3.8) is 0 Å². The number of nitrogens with two attached hydrogens (primary N) is 1. The Hall–Kier alpha value is -2.66. The van der Waals surface area contributed by atoms with Gasteiger partial charge in [0.15, 0.2) is 5.76 Å². The van der Waals surface area contributed by atoms with Crippen molar-refractivity contribution in [2.24, 2.45) is 5.73 Å². The number of aromatic nitrogens is 2. The van der Waals surface area contributed by atoms with E-state index in [2.05, 4.69) is 15.3 Å². The zero-order chi connectivity index (χ0) is 25.5. The third kappa shape index (κ3) is 10.1. The molecule has 2 aromatic heterocycles. The van der Waals surface area contributed by atoms with E-state index in [0.717, 1.165) is 11.8 Å². The maximum Gasteiger partial charge on any atom is 1.00 e. The van der Waals surface area contributed by atoms with Crippen molar-refractivity contribution in [3.8, 4) is 22.9 Å². The first-order valence-electron chi connectivity index (χ1n) is 10.9. The van der Waals surface area contributed by atoms with Crippen LogP contribution in [0.5, 0.6) is 0 Å². The molecule has 1 amide bonds. The molecule has 4 aromatic rings. The summed E-state index contributed by atoms with van der Waals surface area (Å²) in [6.07, 6.45) is 3.08. The van der Waals surface area contributed by atoms with Crippen LogP contribution in [0.15, 0.2) is 83.4 Å². The van der Waals surface area contributed by atoms with E-state index in [0.29, 0.717) is 36.1 Å². The summed E-state index contributed by atoms with van der Waals surface area (Å²) in [7, 11) is 3.28. The second-order valence-electron chi connectivity index (χ2n) is 7.04. The zero-order valence-corrected chi connectivity index (χ0v) is 24.2. The largest absolute Gasteiger partial charge is 1.00 e.